The maximum Gasteiger partial charge on any atom is 0.277 e. The van der Waals surface area contributed by atoms with Gasteiger partial charge in [0, 0.05) is 12.5 Å². The molecule has 3 aromatic rings. The number of nitrogens with zero attached hydrogens (tertiary/aromatic N) is 4. The molecule has 0 saturated carbocycles. The lowest BCUT2D eigenvalue weighted by molar-refractivity contribution is -0.118. The molecule has 0 bridgehead atoms. The molecule has 3 rings (SSSR count). The number of anilines is 2. The van der Waals surface area contributed by atoms with Crippen molar-refractivity contribution in [3.8, 4) is 11.5 Å². The lowest BCUT2D eigenvalue weighted by Gasteiger charge is -2.20. The first-order valence-electron chi connectivity index (χ1n) is 10.6. The maximum absolute atomic E-state index is 13.0. The molecule has 0 aliphatic rings. The molecule has 0 fully saturated rings. The van der Waals surface area contributed by atoms with Gasteiger partial charge in [-0.15, -0.1) is 5.11 Å². The Morgan fingerprint density at radius 3 is 2.25 bits per heavy atom. The Morgan fingerprint density at radius 1 is 0.944 bits per heavy atom. The Labute approximate surface area is 208 Å². The van der Waals surface area contributed by atoms with Crippen molar-refractivity contribution in [3.63, 3.8) is 0 Å². The van der Waals surface area contributed by atoms with Crippen LogP contribution in [0.15, 0.2) is 82.0 Å². The molecule has 1 amide bonds. The van der Waals surface area contributed by atoms with Gasteiger partial charge >= 0.3 is 0 Å². The van der Waals surface area contributed by atoms with E-state index in [1.165, 1.54) is 32.4 Å². The highest BCUT2D eigenvalue weighted by molar-refractivity contribution is 7.92. The number of rotatable bonds is 10. The van der Waals surface area contributed by atoms with Crippen LogP contribution >= 0.6 is 0 Å². The number of benzene rings is 3. The third kappa shape index (κ3) is 5.71. The summed E-state index contributed by atoms with van der Waals surface area (Å²) in [6, 6.07) is 17.4. The van der Waals surface area contributed by atoms with E-state index in [1.807, 2.05) is 0 Å². The van der Waals surface area contributed by atoms with Crippen molar-refractivity contribution >= 4 is 33.0 Å². The number of hydrogen-bond acceptors (Lipinski definition) is 9. The molecule has 12 nitrogen and oxygen atoms in total. The van der Waals surface area contributed by atoms with E-state index in [-0.39, 0.29) is 28.7 Å². The topological polar surface area (TPSA) is 179 Å². The predicted octanol–water partition coefficient (Wildman–Crippen LogP) is 2.57. The molecule has 0 aliphatic heterocycles. The van der Waals surface area contributed by atoms with E-state index >= 15 is 0 Å². The van der Waals surface area contributed by atoms with Crippen molar-refractivity contribution < 1.29 is 22.7 Å². The third-order valence-electron chi connectivity index (χ3n) is 5.31. The van der Waals surface area contributed by atoms with Crippen molar-refractivity contribution in [1.29, 1.82) is 0 Å². The van der Waals surface area contributed by atoms with Gasteiger partial charge in [-0.05, 0) is 48.4 Å². The highest BCUT2D eigenvalue weighted by atomic mass is 32.2. The summed E-state index contributed by atoms with van der Waals surface area (Å²) in [5, 5.41) is 8.00. The first-order chi connectivity index (χ1) is 17.2. The van der Waals surface area contributed by atoms with Crippen LogP contribution in [0.2, 0.25) is 0 Å². The van der Waals surface area contributed by atoms with Gasteiger partial charge in [-0.3, -0.25) is 4.79 Å². The fraction of sp³-hybridized carbons (Fsp3) is 0.174. The molecule has 0 aromatic heterocycles. The van der Waals surface area contributed by atoms with E-state index in [9.17, 15) is 13.2 Å². The van der Waals surface area contributed by atoms with Crippen LogP contribution in [0.1, 0.15) is 12.0 Å². The van der Waals surface area contributed by atoms with Crippen LogP contribution in [0.3, 0.4) is 0 Å². The molecule has 0 atom stereocenters. The lowest BCUT2D eigenvalue weighted by atomic mass is 10.1. The van der Waals surface area contributed by atoms with E-state index in [1.54, 1.807) is 48.5 Å². The van der Waals surface area contributed by atoms with Crippen molar-refractivity contribution in [2.24, 2.45) is 27.9 Å². The SMILES string of the molecule is COc1ccc(S(=O)(=O)N(N)c2ccc(CCC(=O)N(N)c3ccccc3N=NN)cc2)cc1OC. The van der Waals surface area contributed by atoms with E-state index in [0.29, 0.717) is 28.0 Å². The molecule has 0 heterocycles. The number of nitrogens with two attached hydrogens (primary N) is 3. The fourth-order valence-corrected chi connectivity index (χ4v) is 4.48. The standard InChI is InChI=1S/C23H27N7O5S/c1-34-21-13-12-18(15-22(21)35-2)36(32,33)30(26)17-10-7-16(8-11-17)9-14-23(31)29(25)20-6-4-3-5-19(20)27-28-24/h3-8,10-13,15H,9,14,25-26H2,1-2H3,(H2,24,27). The quantitative estimate of drug-likeness (QED) is 0.160. The second kappa shape index (κ2) is 11.5. The van der Waals surface area contributed by atoms with Crippen molar-refractivity contribution in [3.05, 3.63) is 72.3 Å². The van der Waals surface area contributed by atoms with Crippen molar-refractivity contribution in [2.45, 2.75) is 17.7 Å². The van der Waals surface area contributed by atoms with Crippen LogP contribution in [-0.2, 0) is 21.2 Å². The second-order valence-corrected chi connectivity index (χ2v) is 9.27. The number of carbonyl (C=O) groups is 1. The van der Waals surface area contributed by atoms with E-state index in [2.05, 4.69) is 10.3 Å². The molecule has 36 heavy (non-hydrogen) atoms. The number of amides is 1. The normalized spacial score (nSPS) is 11.3. The predicted molar refractivity (Wildman–Crippen MR) is 135 cm³/mol. The maximum atomic E-state index is 13.0. The van der Waals surface area contributed by atoms with Gasteiger partial charge in [0.15, 0.2) is 11.5 Å². The van der Waals surface area contributed by atoms with Crippen LogP contribution in [0.4, 0.5) is 17.1 Å². The Bertz CT molecular complexity index is 1350. The number of methoxy groups -OCH3 is 2. The number of hydrazine groups is 2. The molecular weight excluding hydrogens is 486 g/mol. The van der Waals surface area contributed by atoms with Crippen LogP contribution in [0, 0.1) is 0 Å². The van der Waals surface area contributed by atoms with Gasteiger partial charge in [0.1, 0.15) is 5.69 Å². The van der Waals surface area contributed by atoms with Crippen LogP contribution < -0.4 is 36.4 Å². The minimum Gasteiger partial charge on any atom is -0.493 e. The molecule has 6 N–H and O–H groups in total. The monoisotopic (exact) mass is 513 g/mol. The van der Waals surface area contributed by atoms with Gasteiger partial charge in [0.2, 0.25) is 5.91 Å². The lowest BCUT2D eigenvalue weighted by Crippen LogP contribution is -2.37. The first kappa shape index (κ1) is 26.4. The molecule has 0 spiro atoms. The first-order valence-corrected chi connectivity index (χ1v) is 12.1. The van der Waals surface area contributed by atoms with Gasteiger partial charge in [-0.25, -0.2) is 21.1 Å². The highest BCUT2D eigenvalue weighted by Crippen LogP contribution is 2.31. The van der Waals surface area contributed by atoms with Gasteiger partial charge < -0.3 is 15.3 Å². The molecule has 3 aromatic carbocycles. The van der Waals surface area contributed by atoms with Crippen molar-refractivity contribution in [1.82, 2.24) is 0 Å². The van der Waals surface area contributed by atoms with Gasteiger partial charge in [-0.1, -0.05) is 29.5 Å². The molecule has 13 heteroatoms. The zero-order chi connectivity index (χ0) is 26.3. The summed E-state index contributed by atoms with van der Waals surface area (Å²) < 4.78 is 37.0. The third-order valence-corrected chi connectivity index (χ3v) is 6.88. The Kier molecular flexibility index (Phi) is 8.42. The van der Waals surface area contributed by atoms with Gasteiger partial charge in [-0.2, -0.15) is 8.42 Å². The Hall–Kier alpha value is -4.20. The number of aryl methyl sites for hydroxylation is 1. The summed E-state index contributed by atoms with van der Waals surface area (Å²) in [6.07, 6.45) is 0.459. The second-order valence-electron chi connectivity index (χ2n) is 7.45. The van der Waals surface area contributed by atoms with Crippen LogP contribution in [0.25, 0.3) is 0 Å². The summed E-state index contributed by atoms with van der Waals surface area (Å²) in [6.45, 7) is 0. The summed E-state index contributed by atoms with van der Waals surface area (Å²) in [7, 11) is -1.20. The summed E-state index contributed by atoms with van der Waals surface area (Å²) in [5.41, 5.74) is 1.75. The molecular formula is C23H27N7O5S. The Morgan fingerprint density at radius 2 is 1.61 bits per heavy atom. The molecule has 190 valence electrons. The molecule has 0 aliphatic carbocycles. The van der Waals surface area contributed by atoms with Gasteiger partial charge in [0.05, 0.1) is 30.5 Å². The molecule has 0 saturated heterocycles. The zero-order valence-electron chi connectivity index (χ0n) is 19.7. The molecule has 0 unspecified atom stereocenters. The zero-order valence-corrected chi connectivity index (χ0v) is 20.6. The fourth-order valence-electron chi connectivity index (χ4n) is 3.36. The number of ether oxygens (including phenoxy) is 2. The highest BCUT2D eigenvalue weighted by Gasteiger charge is 2.24. The summed E-state index contributed by atoms with van der Waals surface area (Å²) in [4.78, 5) is 12.5. The van der Waals surface area contributed by atoms with E-state index in [4.69, 9.17) is 27.0 Å². The van der Waals surface area contributed by atoms with Crippen LogP contribution in [-0.4, -0.2) is 28.5 Å². The van der Waals surface area contributed by atoms with Crippen LogP contribution in [0.5, 0.6) is 11.5 Å². The number of para-hydroxylation sites is 1. The number of carbonyl (C=O) groups excluding carboxylic acids is 1. The number of sulfonamides is 1. The minimum absolute atomic E-state index is 0.0604. The molecule has 0 radical (unpaired) electrons. The Balaban J connectivity index is 1.69. The average molecular weight is 514 g/mol. The minimum atomic E-state index is -4.07. The van der Waals surface area contributed by atoms with Crippen molar-refractivity contribution in [2.75, 3.05) is 23.6 Å². The largest absolute Gasteiger partial charge is 0.493 e. The van der Waals surface area contributed by atoms with E-state index in [0.717, 1.165) is 10.6 Å². The van der Waals surface area contributed by atoms with E-state index < -0.39 is 10.0 Å². The summed E-state index contributed by atoms with van der Waals surface area (Å²) >= 11 is 0. The summed E-state index contributed by atoms with van der Waals surface area (Å²) in [5.74, 6) is 17.3. The smallest absolute Gasteiger partial charge is 0.277 e. The van der Waals surface area contributed by atoms with Gasteiger partial charge in [0.25, 0.3) is 10.0 Å². The average Bonchev–Trinajstić information content (AvgIpc) is 2.91. The number of hydrogen-bond donors (Lipinski definition) is 3.